The lowest BCUT2D eigenvalue weighted by Crippen LogP contribution is -2.63. The Balaban J connectivity index is 1.32. The molecule has 3 nitrogen and oxygen atoms in total. The topological polar surface area (TPSA) is 30.5 Å². The second kappa shape index (κ2) is 8.87. The fourth-order valence-corrected chi connectivity index (χ4v) is 8.36. The molecule has 2 aromatic carbocycles. The first-order chi connectivity index (χ1) is 16.1. The van der Waals surface area contributed by atoms with E-state index in [-0.39, 0.29) is 18.0 Å². The number of hydrogen-bond donors (Lipinski definition) is 1. The fourth-order valence-electron chi connectivity index (χ4n) is 7.85. The summed E-state index contributed by atoms with van der Waals surface area (Å²) in [5, 5.41) is 4.80. The summed E-state index contributed by atoms with van der Waals surface area (Å²) in [5.74, 6) is 1.58. The predicted molar refractivity (Wildman–Crippen MR) is 135 cm³/mol. The van der Waals surface area contributed by atoms with Crippen LogP contribution in [0.15, 0.2) is 30.3 Å². The minimum Gasteiger partial charge on any atom is -0.490 e. The number of ether oxygens (including phenoxy) is 2. The van der Waals surface area contributed by atoms with Crippen molar-refractivity contribution in [1.82, 2.24) is 5.32 Å². The Morgan fingerprint density at radius 1 is 0.971 bits per heavy atom. The number of benzene rings is 2. The first-order valence-corrected chi connectivity index (χ1v) is 13.1. The SMILES string of the molecule is CCOc1cc(CNC23CC4CC(C)(CC(C)(C4)C2)C3)cc(Cl)c1OCc1ccc(F)cc1Cl. The van der Waals surface area contributed by atoms with E-state index in [1.807, 2.05) is 19.1 Å². The Morgan fingerprint density at radius 2 is 1.71 bits per heavy atom. The third-order valence-electron chi connectivity index (χ3n) is 8.05. The van der Waals surface area contributed by atoms with E-state index in [0.717, 1.165) is 18.0 Å². The van der Waals surface area contributed by atoms with Gasteiger partial charge < -0.3 is 14.8 Å². The van der Waals surface area contributed by atoms with Crippen LogP contribution < -0.4 is 14.8 Å². The molecule has 2 atom stereocenters. The lowest BCUT2D eigenvalue weighted by Gasteiger charge is -2.65. The van der Waals surface area contributed by atoms with Crippen molar-refractivity contribution in [2.75, 3.05) is 6.61 Å². The average Bonchev–Trinajstić information content (AvgIpc) is 2.70. The van der Waals surface area contributed by atoms with Crippen LogP contribution in [0, 0.1) is 22.6 Å². The lowest BCUT2D eigenvalue weighted by atomic mass is 9.43. The molecule has 1 N–H and O–H groups in total. The number of nitrogens with one attached hydrogen (secondary N) is 1. The molecule has 4 bridgehead atoms. The maximum absolute atomic E-state index is 13.4. The Labute approximate surface area is 212 Å². The van der Waals surface area contributed by atoms with Crippen molar-refractivity contribution in [3.05, 3.63) is 57.3 Å². The van der Waals surface area contributed by atoms with Crippen LogP contribution in [0.1, 0.15) is 70.4 Å². The molecule has 4 saturated carbocycles. The summed E-state index contributed by atoms with van der Waals surface area (Å²) < 4.78 is 25.3. The first-order valence-electron chi connectivity index (χ1n) is 12.4. The number of halogens is 3. The van der Waals surface area contributed by atoms with Crippen LogP contribution in [-0.2, 0) is 13.2 Å². The van der Waals surface area contributed by atoms with Crippen molar-refractivity contribution in [2.45, 2.75) is 78.0 Å². The molecule has 4 fully saturated rings. The van der Waals surface area contributed by atoms with Gasteiger partial charge in [-0.05, 0) is 92.0 Å². The molecule has 2 unspecified atom stereocenters. The molecule has 34 heavy (non-hydrogen) atoms. The van der Waals surface area contributed by atoms with Crippen LogP contribution in [0.2, 0.25) is 10.0 Å². The van der Waals surface area contributed by atoms with Crippen LogP contribution in [-0.4, -0.2) is 12.1 Å². The molecule has 6 heteroatoms. The van der Waals surface area contributed by atoms with E-state index < -0.39 is 0 Å². The summed E-state index contributed by atoms with van der Waals surface area (Å²) >= 11 is 12.8. The third kappa shape index (κ3) is 4.79. The average molecular weight is 506 g/mol. The zero-order valence-corrected chi connectivity index (χ0v) is 21.8. The molecule has 0 aromatic heterocycles. The van der Waals surface area contributed by atoms with Crippen molar-refractivity contribution >= 4 is 23.2 Å². The predicted octanol–water partition coefficient (Wildman–Crippen LogP) is 7.95. The molecule has 0 aliphatic heterocycles. The van der Waals surface area contributed by atoms with Gasteiger partial charge in [0.2, 0.25) is 0 Å². The van der Waals surface area contributed by atoms with E-state index in [1.165, 1.54) is 50.7 Å². The highest BCUT2D eigenvalue weighted by atomic mass is 35.5. The van der Waals surface area contributed by atoms with Gasteiger partial charge >= 0.3 is 0 Å². The van der Waals surface area contributed by atoms with Gasteiger partial charge in [0, 0.05) is 17.6 Å². The molecule has 4 aliphatic carbocycles. The van der Waals surface area contributed by atoms with Gasteiger partial charge in [0.25, 0.3) is 0 Å². The van der Waals surface area contributed by atoms with Crippen LogP contribution in [0.4, 0.5) is 4.39 Å². The monoisotopic (exact) mass is 505 g/mol. The zero-order chi connectivity index (χ0) is 24.1. The highest BCUT2D eigenvalue weighted by Crippen LogP contribution is 2.66. The van der Waals surface area contributed by atoms with Gasteiger partial charge in [0.1, 0.15) is 12.4 Å². The Hall–Kier alpha value is -1.49. The molecule has 4 aliphatic rings. The summed E-state index contributed by atoms with van der Waals surface area (Å²) in [6, 6.07) is 8.26. The molecule has 2 aromatic rings. The van der Waals surface area contributed by atoms with Gasteiger partial charge in [0.05, 0.1) is 16.7 Å². The second-order valence-electron chi connectivity index (χ2n) is 11.6. The maximum atomic E-state index is 13.4. The normalized spacial score (nSPS) is 31.6. The van der Waals surface area contributed by atoms with Gasteiger partial charge in [-0.25, -0.2) is 4.39 Å². The summed E-state index contributed by atoms with van der Waals surface area (Å²) in [6.45, 7) is 8.37. The van der Waals surface area contributed by atoms with E-state index in [0.29, 0.717) is 44.5 Å². The standard InChI is InChI=1S/C28H34Cl2FNO2/c1-4-33-24-8-18(7-23(30)25(24)34-14-20-5-6-21(31)9-22(20)29)13-32-28-12-19-10-26(2,16-28)15-27(3,11-19)17-28/h5-9,19,32H,4,10-17H2,1-3H3. The molecule has 0 amide bonds. The van der Waals surface area contributed by atoms with E-state index in [4.69, 9.17) is 32.7 Å². The Bertz CT molecular complexity index is 1070. The molecule has 0 heterocycles. The van der Waals surface area contributed by atoms with Crippen LogP contribution in [0.3, 0.4) is 0 Å². The minimum absolute atomic E-state index is 0.179. The van der Waals surface area contributed by atoms with Gasteiger partial charge in [-0.3, -0.25) is 0 Å². The lowest BCUT2D eigenvalue weighted by molar-refractivity contribution is -0.118. The van der Waals surface area contributed by atoms with Crippen LogP contribution >= 0.6 is 23.2 Å². The quantitative estimate of drug-likeness (QED) is 0.394. The zero-order valence-electron chi connectivity index (χ0n) is 20.3. The van der Waals surface area contributed by atoms with Gasteiger partial charge in [-0.15, -0.1) is 0 Å². The molecule has 0 radical (unpaired) electrons. The van der Waals surface area contributed by atoms with Crippen LogP contribution in [0.25, 0.3) is 0 Å². The maximum Gasteiger partial charge on any atom is 0.180 e. The highest BCUT2D eigenvalue weighted by molar-refractivity contribution is 6.32. The van der Waals surface area contributed by atoms with Gasteiger partial charge in [0.15, 0.2) is 11.5 Å². The molecule has 184 valence electrons. The number of rotatable bonds is 8. The van der Waals surface area contributed by atoms with Crippen molar-refractivity contribution in [2.24, 2.45) is 16.7 Å². The molecular formula is C28H34Cl2FNO2. The summed E-state index contributed by atoms with van der Waals surface area (Å²) in [4.78, 5) is 0. The number of hydrogen-bond acceptors (Lipinski definition) is 3. The second-order valence-corrected chi connectivity index (χ2v) is 12.4. The van der Waals surface area contributed by atoms with Crippen molar-refractivity contribution in [3.8, 4) is 11.5 Å². The smallest absolute Gasteiger partial charge is 0.180 e. The third-order valence-corrected chi connectivity index (χ3v) is 8.68. The Morgan fingerprint density at radius 3 is 2.35 bits per heavy atom. The summed E-state index contributed by atoms with van der Waals surface area (Å²) in [6.07, 6.45) is 7.94. The van der Waals surface area contributed by atoms with E-state index in [2.05, 4.69) is 19.2 Å². The van der Waals surface area contributed by atoms with E-state index in [1.54, 1.807) is 6.07 Å². The Kier molecular flexibility index (Phi) is 6.32. The summed E-state index contributed by atoms with van der Waals surface area (Å²) in [7, 11) is 0. The van der Waals surface area contributed by atoms with Gasteiger partial charge in [-0.1, -0.05) is 43.1 Å². The van der Waals surface area contributed by atoms with Crippen molar-refractivity contribution < 1.29 is 13.9 Å². The van der Waals surface area contributed by atoms with Crippen molar-refractivity contribution in [3.63, 3.8) is 0 Å². The molecular weight excluding hydrogens is 472 g/mol. The highest BCUT2D eigenvalue weighted by Gasteiger charge is 2.59. The first kappa shape index (κ1) is 24.2. The van der Waals surface area contributed by atoms with Crippen molar-refractivity contribution in [1.29, 1.82) is 0 Å². The molecule has 6 rings (SSSR count). The van der Waals surface area contributed by atoms with E-state index in [9.17, 15) is 4.39 Å². The van der Waals surface area contributed by atoms with E-state index >= 15 is 0 Å². The minimum atomic E-state index is -0.374. The largest absolute Gasteiger partial charge is 0.490 e. The summed E-state index contributed by atoms with van der Waals surface area (Å²) in [5.41, 5.74) is 2.93. The molecule has 0 saturated heterocycles. The fraction of sp³-hybridized carbons (Fsp3) is 0.571. The van der Waals surface area contributed by atoms with Gasteiger partial charge in [-0.2, -0.15) is 0 Å². The molecule has 0 spiro atoms. The van der Waals surface area contributed by atoms with Crippen LogP contribution in [0.5, 0.6) is 11.5 Å².